The summed E-state index contributed by atoms with van der Waals surface area (Å²) in [5, 5.41) is 6.81. The molecule has 116 valence electrons. The van der Waals surface area contributed by atoms with Crippen molar-refractivity contribution in [2.45, 2.75) is 52.5 Å². The molecular weight excluding hydrogens is 272 g/mol. The second-order valence-corrected chi connectivity index (χ2v) is 6.47. The van der Waals surface area contributed by atoms with E-state index < -0.39 is 0 Å². The van der Waals surface area contributed by atoms with E-state index >= 15 is 0 Å². The zero-order valence-corrected chi connectivity index (χ0v) is 13.8. The van der Waals surface area contributed by atoms with Crippen molar-refractivity contribution in [3.63, 3.8) is 0 Å². The molecule has 0 atom stereocenters. The Hall–Kier alpha value is -2.10. The Morgan fingerprint density at radius 3 is 2.36 bits per heavy atom. The van der Waals surface area contributed by atoms with Crippen molar-refractivity contribution in [3.05, 3.63) is 41.1 Å². The third kappa shape index (κ3) is 3.38. The van der Waals surface area contributed by atoms with E-state index in [1.807, 2.05) is 0 Å². The Balaban J connectivity index is 1.93. The molecule has 0 bridgehead atoms. The predicted octanol–water partition coefficient (Wildman–Crippen LogP) is 4.53. The Labute approximate surface area is 132 Å². The van der Waals surface area contributed by atoms with Crippen LogP contribution in [0.3, 0.4) is 0 Å². The zero-order chi connectivity index (χ0) is 15.7. The summed E-state index contributed by atoms with van der Waals surface area (Å²) in [6.07, 6.45) is 2.47. The SMILES string of the molecule is Cc1cccc(C)c1Nc1cc(C2CC2)nc(NC(C)C)n1. The number of benzene rings is 1. The number of anilines is 3. The number of rotatable bonds is 5. The minimum Gasteiger partial charge on any atom is -0.352 e. The molecule has 2 aromatic rings. The van der Waals surface area contributed by atoms with E-state index in [1.54, 1.807) is 0 Å². The summed E-state index contributed by atoms with van der Waals surface area (Å²) in [6.45, 7) is 8.44. The summed E-state index contributed by atoms with van der Waals surface area (Å²) in [6, 6.07) is 8.73. The van der Waals surface area contributed by atoms with E-state index in [2.05, 4.69) is 72.6 Å². The topological polar surface area (TPSA) is 49.8 Å². The van der Waals surface area contributed by atoms with Gasteiger partial charge in [-0.3, -0.25) is 0 Å². The van der Waals surface area contributed by atoms with Crippen molar-refractivity contribution in [2.24, 2.45) is 0 Å². The molecule has 3 rings (SSSR count). The molecular formula is C18H24N4. The van der Waals surface area contributed by atoms with Crippen molar-refractivity contribution in [3.8, 4) is 0 Å². The van der Waals surface area contributed by atoms with Crippen LogP contribution in [-0.2, 0) is 0 Å². The van der Waals surface area contributed by atoms with Gasteiger partial charge in [-0.05, 0) is 51.7 Å². The van der Waals surface area contributed by atoms with Crippen LogP contribution in [0, 0.1) is 13.8 Å². The van der Waals surface area contributed by atoms with Gasteiger partial charge in [-0.15, -0.1) is 0 Å². The van der Waals surface area contributed by atoms with Crippen LogP contribution in [0.25, 0.3) is 0 Å². The van der Waals surface area contributed by atoms with Crippen LogP contribution in [0.1, 0.15) is 49.4 Å². The largest absolute Gasteiger partial charge is 0.352 e. The Morgan fingerprint density at radius 1 is 1.09 bits per heavy atom. The monoisotopic (exact) mass is 296 g/mol. The number of nitrogens with zero attached hydrogens (tertiary/aromatic N) is 2. The molecule has 0 unspecified atom stereocenters. The molecule has 0 radical (unpaired) electrons. The summed E-state index contributed by atoms with van der Waals surface area (Å²) in [5.41, 5.74) is 4.74. The van der Waals surface area contributed by atoms with Crippen molar-refractivity contribution in [1.82, 2.24) is 9.97 Å². The second-order valence-electron chi connectivity index (χ2n) is 6.47. The fourth-order valence-electron chi connectivity index (χ4n) is 2.58. The molecule has 0 spiro atoms. The Bertz CT molecular complexity index is 655. The van der Waals surface area contributed by atoms with Crippen LogP contribution < -0.4 is 10.6 Å². The zero-order valence-electron chi connectivity index (χ0n) is 13.8. The highest BCUT2D eigenvalue weighted by atomic mass is 15.2. The van der Waals surface area contributed by atoms with E-state index in [9.17, 15) is 0 Å². The van der Waals surface area contributed by atoms with Crippen molar-refractivity contribution < 1.29 is 0 Å². The average Bonchev–Trinajstić information content (AvgIpc) is 3.26. The van der Waals surface area contributed by atoms with Crippen LogP contribution >= 0.6 is 0 Å². The first-order valence-electron chi connectivity index (χ1n) is 8.01. The number of nitrogens with one attached hydrogen (secondary N) is 2. The molecule has 0 saturated heterocycles. The predicted molar refractivity (Wildman–Crippen MR) is 92.0 cm³/mol. The summed E-state index contributed by atoms with van der Waals surface area (Å²) >= 11 is 0. The molecule has 4 nitrogen and oxygen atoms in total. The lowest BCUT2D eigenvalue weighted by atomic mass is 10.1. The maximum Gasteiger partial charge on any atom is 0.225 e. The van der Waals surface area contributed by atoms with Crippen molar-refractivity contribution in [2.75, 3.05) is 10.6 Å². The van der Waals surface area contributed by atoms with Gasteiger partial charge >= 0.3 is 0 Å². The van der Waals surface area contributed by atoms with Gasteiger partial charge in [0.1, 0.15) is 5.82 Å². The fourth-order valence-corrected chi connectivity index (χ4v) is 2.58. The number of hydrogen-bond acceptors (Lipinski definition) is 4. The lowest BCUT2D eigenvalue weighted by molar-refractivity contribution is 0.864. The van der Waals surface area contributed by atoms with E-state index in [1.165, 1.54) is 24.0 Å². The second kappa shape index (κ2) is 5.95. The third-order valence-electron chi connectivity index (χ3n) is 3.89. The molecule has 1 saturated carbocycles. The highest BCUT2D eigenvalue weighted by molar-refractivity contribution is 5.65. The maximum absolute atomic E-state index is 4.66. The van der Waals surface area contributed by atoms with Crippen molar-refractivity contribution >= 4 is 17.5 Å². The number of para-hydroxylation sites is 1. The van der Waals surface area contributed by atoms with Gasteiger partial charge in [-0.1, -0.05) is 18.2 Å². The van der Waals surface area contributed by atoms with Gasteiger partial charge in [0.15, 0.2) is 0 Å². The standard InChI is InChI=1S/C18H24N4/c1-11(2)19-18-20-15(14-8-9-14)10-16(22-18)21-17-12(3)6-5-7-13(17)4/h5-7,10-11,14H,8-9H2,1-4H3,(H2,19,20,21,22). The van der Waals surface area contributed by atoms with Gasteiger partial charge in [-0.25, -0.2) is 4.98 Å². The molecule has 1 heterocycles. The van der Waals surface area contributed by atoms with Crippen LogP contribution in [0.5, 0.6) is 0 Å². The fraction of sp³-hybridized carbons (Fsp3) is 0.444. The molecule has 0 amide bonds. The summed E-state index contributed by atoms with van der Waals surface area (Å²) < 4.78 is 0. The van der Waals surface area contributed by atoms with Crippen LogP contribution in [-0.4, -0.2) is 16.0 Å². The molecule has 1 aliphatic rings. The number of aryl methyl sites for hydroxylation is 2. The minimum atomic E-state index is 0.322. The summed E-state index contributed by atoms with van der Waals surface area (Å²) in [5.74, 6) is 2.19. The smallest absolute Gasteiger partial charge is 0.225 e. The van der Waals surface area contributed by atoms with Crippen LogP contribution in [0.15, 0.2) is 24.3 Å². The first-order valence-corrected chi connectivity index (χ1v) is 8.01. The van der Waals surface area contributed by atoms with Gasteiger partial charge in [-0.2, -0.15) is 4.98 Å². The van der Waals surface area contributed by atoms with Gasteiger partial charge in [0.2, 0.25) is 5.95 Å². The van der Waals surface area contributed by atoms with Crippen LogP contribution in [0.2, 0.25) is 0 Å². The first-order chi connectivity index (χ1) is 10.5. The van der Waals surface area contributed by atoms with E-state index in [-0.39, 0.29) is 0 Å². The Morgan fingerprint density at radius 2 is 1.77 bits per heavy atom. The first kappa shape index (κ1) is 14.8. The quantitative estimate of drug-likeness (QED) is 0.850. The molecule has 22 heavy (non-hydrogen) atoms. The summed E-state index contributed by atoms with van der Waals surface area (Å²) in [4.78, 5) is 9.29. The molecule has 2 N–H and O–H groups in total. The molecule has 1 aromatic carbocycles. The van der Waals surface area contributed by atoms with E-state index in [4.69, 9.17) is 0 Å². The van der Waals surface area contributed by atoms with Gasteiger partial charge < -0.3 is 10.6 Å². The average molecular weight is 296 g/mol. The highest BCUT2D eigenvalue weighted by Gasteiger charge is 2.26. The maximum atomic E-state index is 4.66. The van der Waals surface area contributed by atoms with Crippen LogP contribution in [0.4, 0.5) is 17.5 Å². The van der Waals surface area contributed by atoms with Crippen molar-refractivity contribution in [1.29, 1.82) is 0 Å². The molecule has 0 aliphatic heterocycles. The lowest BCUT2D eigenvalue weighted by Crippen LogP contribution is -2.14. The van der Waals surface area contributed by atoms with Gasteiger partial charge in [0, 0.05) is 23.7 Å². The van der Waals surface area contributed by atoms with Gasteiger partial charge in [0.05, 0.1) is 5.69 Å². The molecule has 1 aromatic heterocycles. The Kier molecular flexibility index (Phi) is 4.01. The lowest BCUT2D eigenvalue weighted by Gasteiger charge is -2.15. The molecule has 4 heteroatoms. The number of aromatic nitrogens is 2. The van der Waals surface area contributed by atoms with E-state index in [0.29, 0.717) is 17.9 Å². The molecule has 1 fully saturated rings. The minimum absolute atomic E-state index is 0.322. The number of hydrogen-bond donors (Lipinski definition) is 2. The summed E-state index contributed by atoms with van der Waals surface area (Å²) in [7, 11) is 0. The third-order valence-corrected chi connectivity index (χ3v) is 3.89. The molecule has 1 aliphatic carbocycles. The normalized spacial score (nSPS) is 14.2. The van der Waals surface area contributed by atoms with Gasteiger partial charge in [0.25, 0.3) is 0 Å². The van der Waals surface area contributed by atoms with E-state index in [0.717, 1.165) is 17.2 Å². The highest BCUT2D eigenvalue weighted by Crippen LogP contribution is 2.40.